The smallest absolute Gasteiger partial charge is 0.337 e. The molecular weight excluding hydrogens is 194 g/mol. The molecule has 0 unspecified atom stereocenters. The van der Waals surface area contributed by atoms with Gasteiger partial charge < -0.3 is 4.74 Å². The molecule has 76 valence electrons. The Morgan fingerprint density at radius 1 is 1.27 bits per heavy atom. The van der Waals surface area contributed by atoms with Crippen molar-refractivity contribution in [2.24, 2.45) is 4.99 Å². The van der Waals surface area contributed by atoms with Crippen LogP contribution in [0.3, 0.4) is 0 Å². The molecule has 0 amide bonds. The Kier molecular flexibility index (Phi) is 2.33. The summed E-state index contributed by atoms with van der Waals surface area (Å²) in [5.74, 6) is -0.680. The predicted octanol–water partition coefficient (Wildman–Crippen LogP) is 0.866. The number of hydrogen-bond donors (Lipinski definition) is 0. The summed E-state index contributed by atoms with van der Waals surface area (Å²) in [5.41, 5.74) is 0.829. The second-order valence-electron chi connectivity index (χ2n) is 3.14. The van der Waals surface area contributed by atoms with E-state index in [1.54, 1.807) is 24.3 Å². The van der Waals surface area contributed by atoms with Gasteiger partial charge in [0.15, 0.2) is 6.04 Å². The van der Waals surface area contributed by atoms with Crippen LogP contribution in [0.5, 0.6) is 0 Å². The molecule has 4 heteroatoms. The minimum atomic E-state index is -0.678. The number of carbonyl (C=O) groups is 2. The van der Waals surface area contributed by atoms with Gasteiger partial charge in [0.1, 0.15) is 5.71 Å². The van der Waals surface area contributed by atoms with Crippen LogP contribution in [0, 0.1) is 0 Å². The highest BCUT2D eigenvalue weighted by molar-refractivity contribution is 6.55. The first-order valence-electron chi connectivity index (χ1n) is 4.49. The molecule has 2 rings (SSSR count). The molecule has 0 saturated heterocycles. The molecule has 1 atom stereocenters. The quantitative estimate of drug-likeness (QED) is 0.541. The molecule has 0 aromatic heterocycles. The van der Waals surface area contributed by atoms with Gasteiger partial charge in [0.2, 0.25) is 5.78 Å². The van der Waals surface area contributed by atoms with Crippen LogP contribution in [0.4, 0.5) is 0 Å². The third kappa shape index (κ3) is 1.79. The van der Waals surface area contributed by atoms with Gasteiger partial charge in [-0.15, -0.1) is 0 Å². The number of hydrogen-bond acceptors (Lipinski definition) is 4. The number of benzene rings is 1. The van der Waals surface area contributed by atoms with Crippen molar-refractivity contribution in [3.05, 3.63) is 35.9 Å². The van der Waals surface area contributed by atoms with E-state index in [1.807, 2.05) is 6.07 Å². The summed E-state index contributed by atoms with van der Waals surface area (Å²) in [6.07, 6.45) is 0. The summed E-state index contributed by atoms with van der Waals surface area (Å²) in [4.78, 5) is 26.5. The van der Waals surface area contributed by atoms with Gasteiger partial charge in [0.25, 0.3) is 0 Å². The second kappa shape index (κ2) is 3.65. The molecule has 15 heavy (non-hydrogen) atoms. The molecule has 4 nitrogen and oxygen atoms in total. The first kappa shape index (κ1) is 9.58. The molecule has 1 aromatic carbocycles. The van der Waals surface area contributed by atoms with Gasteiger partial charge in [0, 0.05) is 5.56 Å². The normalized spacial score (nSPS) is 17.9. The summed E-state index contributed by atoms with van der Waals surface area (Å²) in [5, 5.41) is 0. The molecule has 0 aliphatic carbocycles. The number of ketones is 1. The maximum absolute atomic E-state index is 11.7. The van der Waals surface area contributed by atoms with Gasteiger partial charge in [-0.2, -0.15) is 0 Å². The van der Waals surface area contributed by atoms with Crippen LogP contribution in [0.25, 0.3) is 0 Å². The molecule has 1 aliphatic rings. The Balaban J connectivity index is 2.07. The Hall–Kier alpha value is -1.97. The average molecular weight is 203 g/mol. The first-order chi connectivity index (χ1) is 7.24. The van der Waals surface area contributed by atoms with Crippen LogP contribution in [0.1, 0.15) is 10.4 Å². The van der Waals surface area contributed by atoms with Crippen molar-refractivity contribution in [2.45, 2.75) is 6.04 Å². The summed E-state index contributed by atoms with van der Waals surface area (Å²) in [7, 11) is 1.28. The van der Waals surface area contributed by atoms with Crippen LogP contribution >= 0.6 is 0 Å². The zero-order chi connectivity index (χ0) is 10.8. The minimum Gasteiger partial charge on any atom is -0.467 e. The van der Waals surface area contributed by atoms with Crippen LogP contribution < -0.4 is 0 Å². The maximum Gasteiger partial charge on any atom is 0.337 e. The van der Waals surface area contributed by atoms with Crippen LogP contribution in [-0.4, -0.2) is 30.6 Å². The molecule has 1 aromatic rings. The number of aliphatic imine (C=N–C) groups is 1. The fourth-order valence-corrected chi connectivity index (χ4v) is 1.30. The van der Waals surface area contributed by atoms with E-state index < -0.39 is 12.0 Å². The number of carbonyl (C=O) groups excluding carboxylic acids is 2. The average Bonchev–Trinajstić information content (AvgIpc) is 3.08. The molecule has 0 N–H and O–H groups in total. The lowest BCUT2D eigenvalue weighted by Gasteiger charge is -1.95. The summed E-state index contributed by atoms with van der Waals surface area (Å²) in [6, 6.07) is 8.06. The second-order valence-corrected chi connectivity index (χ2v) is 3.14. The van der Waals surface area contributed by atoms with E-state index in [4.69, 9.17) is 0 Å². The fourth-order valence-electron chi connectivity index (χ4n) is 1.30. The van der Waals surface area contributed by atoms with Crippen molar-refractivity contribution in [1.29, 1.82) is 0 Å². The van der Waals surface area contributed by atoms with Crippen molar-refractivity contribution in [2.75, 3.05) is 7.11 Å². The van der Waals surface area contributed by atoms with E-state index in [0.29, 0.717) is 5.56 Å². The van der Waals surface area contributed by atoms with Crippen molar-refractivity contribution in [1.82, 2.24) is 0 Å². The highest BCUT2D eigenvalue weighted by Gasteiger charge is 2.41. The highest BCUT2D eigenvalue weighted by Crippen LogP contribution is 2.18. The highest BCUT2D eigenvalue weighted by atomic mass is 16.5. The number of ether oxygens (including phenoxy) is 1. The zero-order valence-electron chi connectivity index (χ0n) is 8.14. The largest absolute Gasteiger partial charge is 0.467 e. The monoisotopic (exact) mass is 203 g/mol. The molecule has 1 aliphatic heterocycles. The number of rotatable bonds is 3. The lowest BCUT2D eigenvalue weighted by Crippen LogP contribution is -2.19. The van der Waals surface area contributed by atoms with E-state index in [2.05, 4.69) is 9.73 Å². The van der Waals surface area contributed by atoms with Gasteiger partial charge >= 0.3 is 5.97 Å². The van der Waals surface area contributed by atoms with Crippen molar-refractivity contribution < 1.29 is 14.3 Å². The number of Topliss-reactive ketones (excluding diaryl/α,β-unsaturated/α-hetero) is 1. The molecule has 0 saturated carbocycles. The minimum absolute atomic E-state index is 0.203. The third-order valence-corrected chi connectivity index (χ3v) is 2.15. The van der Waals surface area contributed by atoms with Gasteiger partial charge in [-0.3, -0.25) is 9.79 Å². The summed E-state index contributed by atoms with van der Waals surface area (Å²) < 4.78 is 4.48. The van der Waals surface area contributed by atoms with Crippen molar-refractivity contribution in [3.63, 3.8) is 0 Å². The van der Waals surface area contributed by atoms with Gasteiger partial charge in [-0.1, -0.05) is 30.3 Å². The van der Waals surface area contributed by atoms with Gasteiger partial charge in [0.05, 0.1) is 7.11 Å². The fraction of sp³-hybridized carbons (Fsp3) is 0.182. The van der Waals surface area contributed by atoms with E-state index >= 15 is 0 Å². The topological polar surface area (TPSA) is 55.7 Å². The molecule has 0 spiro atoms. The Morgan fingerprint density at radius 2 is 1.93 bits per heavy atom. The summed E-state index contributed by atoms with van der Waals surface area (Å²) >= 11 is 0. The molecule has 0 fully saturated rings. The lowest BCUT2D eigenvalue weighted by atomic mass is 10.1. The maximum atomic E-state index is 11.7. The van der Waals surface area contributed by atoms with Crippen molar-refractivity contribution in [3.8, 4) is 0 Å². The summed E-state index contributed by atoms with van der Waals surface area (Å²) in [6.45, 7) is 0. The molecular formula is C11H9NO3. The number of nitrogens with zero attached hydrogens (tertiary/aromatic N) is 1. The van der Waals surface area contributed by atoms with E-state index in [9.17, 15) is 9.59 Å². The Labute approximate surface area is 86.6 Å². The number of methoxy groups -OCH3 is 1. The molecule has 0 radical (unpaired) electrons. The SMILES string of the molecule is COC(=O)[C@H]1N=C1C(=O)c1ccccc1. The Morgan fingerprint density at radius 3 is 2.53 bits per heavy atom. The standard InChI is InChI=1S/C11H9NO3/c1-15-11(14)9-8(12-9)10(13)7-5-3-2-4-6-7/h2-6,9H,1H3/t9-/m0/s1. The van der Waals surface area contributed by atoms with Crippen LogP contribution in [-0.2, 0) is 9.53 Å². The van der Waals surface area contributed by atoms with Gasteiger partial charge in [-0.25, -0.2) is 4.79 Å². The third-order valence-electron chi connectivity index (χ3n) is 2.15. The van der Waals surface area contributed by atoms with E-state index in [-0.39, 0.29) is 11.5 Å². The van der Waals surface area contributed by atoms with E-state index in [1.165, 1.54) is 7.11 Å². The molecule has 0 bridgehead atoms. The van der Waals surface area contributed by atoms with Crippen LogP contribution in [0.2, 0.25) is 0 Å². The van der Waals surface area contributed by atoms with Crippen LogP contribution in [0.15, 0.2) is 35.3 Å². The Bertz CT molecular complexity index is 436. The first-order valence-corrected chi connectivity index (χ1v) is 4.49. The lowest BCUT2D eigenvalue weighted by molar-refractivity contribution is -0.139. The van der Waals surface area contributed by atoms with Crippen molar-refractivity contribution >= 4 is 17.5 Å². The molecule has 1 heterocycles. The van der Waals surface area contributed by atoms with Gasteiger partial charge in [-0.05, 0) is 0 Å². The number of esters is 1. The predicted molar refractivity (Wildman–Crippen MR) is 54.0 cm³/mol. The van der Waals surface area contributed by atoms with E-state index in [0.717, 1.165) is 0 Å². The zero-order valence-corrected chi connectivity index (χ0v) is 8.14.